The predicted molar refractivity (Wildman–Crippen MR) is 114 cm³/mol. The molecular weight excluding hydrogens is 401 g/mol. The molecule has 6 nitrogen and oxygen atoms in total. The Morgan fingerprint density at radius 2 is 1.71 bits per heavy atom. The van der Waals surface area contributed by atoms with Gasteiger partial charge >= 0.3 is 0 Å². The maximum Gasteiger partial charge on any atom is 0.194 e. The molecule has 0 unspecified atom stereocenters. The zero-order chi connectivity index (χ0) is 22.4. The summed E-state index contributed by atoms with van der Waals surface area (Å²) in [4.78, 5) is 26.3. The lowest BCUT2D eigenvalue weighted by atomic mass is 9.84. The van der Waals surface area contributed by atoms with Gasteiger partial charge in [-0.3, -0.25) is 9.59 Å². The number of aliphatic hydroxyl groups is 1. The highest BCUT2D eigenvalue weighted by molar-refractivity contribution is 6.02. The highest BCUT2D eigenvalue weighted by Gasteiger charge is 2.39. The average Bonchev–Trinajstić information content (AvgIpc) is 2.78. The van der Waals surface area contributed by atoms with Crippen molar-refractivity contribution in [3.63, 3.8) is 0 Å². The molecule has 0 amide bonds. The van der Waals surface area contributed by atoms with Gasteiger partial charge in [-0.2, -0.15) is 0 Å². The number of piperidine rings is 1. The molecular formula is C24H28FNO5. The van der Waals surface area contributed by atoms with E-state index >= 15 is 0 Å². The van der Waals surface area contributed by atoms with Gasteiger partial charge in [0.1, 0.15) is 11.4 Å². The minimum atomic E-state index is -1.41. The van der Waals surface area contributed by atoms with Crippen LogP contribution in [0.1, 0.15) is 46.9 Å². The molecule has 1 heterocycles. The number of ether oxygens (including phenoxy) is 2. The number of hydrogen-bond acceptors (Lipinski definition) is 6. The Bertz CT molecular complexity index is 920. The summed E-state index contributed by atoms with van der Waals surface area (Å²) in [6, 6.07) is 10.4. The fourth-order valence-corrected chi connectivity index (χ4v) is 3.72. The van der Waals surface area contributed by atoms with Crippen LogP contribution in [-0.4, -0.2) is 60.5 Å². The number of nitrogens with zero attached hydrogens (tertiary/aromatic N) is 1. The number of Topliss-reactive ketones (excluding diaryl/α,β-unsaturated/α-hetero) is 2. The van der Waals surface area contributed by atoms with Crippen LogP contribution in [0.4, 0.5) is 4.39 Å². The van der Waals surface area contributed by atoms with Gasteiger partial charge in [0.05, 0.1) is 13.7 Å². The molecule has 0 bridgehead atoms. The number of benzene rings is 2. The summed E-state index contributed by atoms with van der Waals surface area (Å²) in [5, 5.41) is 10.8. The number of rotatable bonds is 9. The summed E-state index contributed by atoms with van der Waals surface area (Å²) in [5.41, 5.74) is -0.507. The van der Waals surface area contributed by atoms with Crippen molar-refractivity contribution >= 4 is 11.6 Å². The number of ketones is 2. The summed E-state index contributed by atoms with van der Waals surface area (Å²) in [5.74, 6) is 0.317. The van der Waals surface area contributed by atoms with Gasteiger partial charge in [0, 0.05) is 30.8 Å². The molecule has 1 saturated heterocycles. The Kier molecular flexibility index (Phi) is 7.41. The quantitative estimate of drug-likeness (QED) is 0.486. The third kappa shape index (κ3) is 5.68. The van der Waals surface area contributed by atoms with E-state index in [2.05, 4.69) is 4.90 Å². The summed E-state index contributed by atoms with van der Waals surface area (Å²) >= 11 is 0. The Balaban J connectivity index is 1.45. The third-order valence-electron chi connectivity index (χ3n) is 5.66. The minimum absolute atomic E-state index is 0.0344. The van der Waals surface area contributed by atoms with Crippen molar-refractivity contribution in [1.29, 1.82) is 0 Å². The van der Waals surface area contributed by atoms with Crippen LogP contribution in [0.25, 0.3) is 0 Å². The molecule has 0 radical (unpaired) electrons. The van der Waals surface area contributed by atoms with E-state index in [0.29, 0.717) is 55.2 Å². The first kappa shape index (κ1) is 22.9. The molecule has 1 fully saturated rings. The lowest BCUT2D eigenvalue weighted by Gasteiger charge is -2.37. The monoisotopic (exact) mass is 429 g/mol. The summed E-state index contributed by atoms with van der Waals surface area (Å²) in [7, 11) is 1.54. The maximum absolute atomic E-state index is 13.1. The third-order valence-corrected chi connectivity index (χ3v) is 5.66. The Morgan fingerprint density at radius 3 is 2.32 bits per heavy atom. The van der Waals surface area contributed by atoms with Crippen LogP contribution >= 0.6 is 0 Å². The van der Waals surface area contributed by atoms with Crippen LogP contribution in [0.3, 0.4) is 0 Å². The molecule has 0 saturated carbocycles. The second-order valence-electron chi connectivity index (χ2n) is 7.83. The minimum Gasteiger partial charge on any atom is -0.493 e. The first-order valence-electron chi connectivity index (χ1n) is 10.4. The molecule has 0 aliphatic carbocycles. The first-order chi connectivity index (χ1) is 14.8. The van der Waals surface area contributed by atoms with Gasteiger partial charge in [-0.25, -0.2) is 4.39 Å². The van der Waals surface area contributed by atoms with Gasteiger partial charge in [0.15, 0.2) is 23.1 Å². The molecule has 166 valence electrons. The van der Waals surface area contributed by atoms with E-state index in [9.17, 15) is 19.1 Å². The molecule has 0 spiro atoms. The second kappa shape index (κ2) is 10.0. The van der Waals surface area contributed by atoms with E-state index in [0.717, 1.165) is 13.0 Å². The van der Waals surface area contributed by atoms with Gasteiger partial charge in [-0.05, 0) is 68.7 Å². The maximum atomic E-state index is 13.1. The fraction of sp³-hybridized carbons (Fsp3) is 0.417. The fourth-order valence-electron chi connectivity index (χ4n) is 3.72. The van der Waals surface area contributed by atoms with Crippen LogP contribution < -0.4 is 9.47 Å². The lowest BCUT2D eigenvalue weighted by Crippen LogP contribution is -2.49. The summed E-state index contributed by atoms with van der Waals surface area (Å²) in [6.45, 7) is 3.95. The molecule has 0 aromatic heterocycles. The van der Waals surface area contributed by atoms with E-state index < -0.39 is 11.4 Å². The van der Waals surface area contributed by atoms with Crippen molar-refractivity contribution in [2.24, 2.45) is 0 Å². The molecule has 7 heteroatoms. The number of halogens is 1. The zero-order valence-corrected chi connectivity index (χ0v) is 17.9. The second-order valence-corrected chi connectivity index (χ2v) is 7.83. The highest BCUT2D eigenvalue weighted by Crippen LogP contribution is 2.29. The van der Waals surface area contributed by atoms with Crippen molar-refractivity contribution < 1.29 is 28.6 Å². The SMILES string of the molecule is COc1cc(C(C)=O)ccc1OCCCN1CCC(O)(C(=O)c2ccc(F)cc2)CC1. The van der Waals surface area contributed by atoms with Crippen LogP contribution in [0.5, 0.6) is 11.5 Å². The average molecular weight is 429 g/mol. The summed E-state index contributed by atoms with van der Waals surface area (Å²) in [6.07, 6.45) is 1.44. The van der Waals surface area contributed by atoms with E-state index in [1.165, 1.54) is 38.3 Å². The van der Waals surface area contributed by atoms with Crippen LogP contribution in [0.2, 0.25) is 0 Å². The van der Waals surface area contributed by atoms with E-state index in [-0.39, 0.29) is 11.6 Å². The molecule has 0 atom stereocenters. The largest absolute Gasteiger partial charge is 0.493 e. The smallest absolute Gasteiger partial charge is 0.194 e. The lowest BCUT2D eigenvalue weighted by molar-refractivity contribution is -0.00693. The molecule has 1 aliphatic heterocycles. The van der Waals surface area contributed by atoms with Gasteiger partial charge in [-0.15, -0.1) is 0 Å². The van der Waals surface area contributed by atoms with Crippen molar-refractivity contribution in [1.82, 2.24) is 4.90 Å². The molecule has 2 aromatic rings. The van der Waals surface area contributed by atoms with Crippen molar-refractivity contribution in [2.75, 3.05) is 33.4 Å². The Morgan fingerprint density at radius 1 is 1.06 bits per heavy atom. The zero-order valence-electron chi connectivity index (χ0n) is 17.9. The Hall–Kier alpha value is -2.77. The topological polar surface area (TPSA) is 76.1 Å². The number of hydrogen-bond donors (Lipinski definition) is 1. The van der Waals surface area contributed by atoms with Crippen LogP contribution in [0.15, 0.2) is 42.5 Å². The van der Waals surface area contributed by atoms with Crippen molar-refractivity contribution in [3.05, 3.63) is 59.4 Å². The van der Waals surface area contributed by atoms with Gasteiger partial charge in [0.25, 0.3) is 0 Å². The molecule has 3 rings (SSSR count). The highest BCUT2D eigenvalue weighted by atomic mass is 19.1. The number of carbonyl (C=O) groups is 2. The van der Waals surface area contributed by atoms with E-state index in [4.69, 9.17) is 9.47 Å². The van der Waals surface area contributed by atoms with Crippen molar-refractivity contribution in [2.45, 2.75) is 31.8 Å². The first-order valence-corrected chi connectivity index (χ1v) is 10.4. The number of methoxy groups -OCH3 is 1. The van der Waals surface area contributed by atoms with Crippen LogP contribution in [0, 0.1) is 5.82 Å². The van der Waals surface area contributed by atoms with Gasteiger partial charge < -0.3 is 19.5 Å². The normalized spacial score (nSPS) is 16.0. The summed E-state index contributed by atoms with van der Waals surface area (Å²) < 4.78 is 24.2. The molecule has 2 aromatic carbocycles. The number of carbonyl (C=O) groups excluding carboxylic acids is 2. The number of likely N-dealkylation sites (tertiary alicyclic amines) is 1. The molecule has 1 N–H and O–H groups in total. The standard InChI is InChI=1S/C24H28FNO5/c1-17(27)19-6-9-21(22(16-19)30-2)31-15-3-12-26-13-10-24(29,11-14-26)23(28)18-4-7-20(25)8-5-18/h4-9,16,29H,3,10-15H2,1-2H3. The van der Waals surface area contributed by atoms with E-state index in [1.54, 1.807) is 18.2 Å². The Labute approximate surface area is 181 Å². The van der Waals surface area contributed by atoms with Gasteiger partial charge in [0.2, 0.25) is 0 Å². The van der Waals surface area contributed by atoms with Crippen LogP contribution in [-0.2, 0) is 0 Å². The van der Waals surface area contributed by atoms with Crippen molar-refractivity contribution in [3.8, 4) is 11.5 Å². The van der Waals surface area contributed by atoms with Gasteiger partial charge in [-0.1, -0.05) is 0 Å². The molecule has 1 aliphatic rings. The molecule has 31 heavy (non-hydrogen) atoms. The van der Waals surface area contributed by atoms with E-state index in [1.807, 2.05) is 0 Å². The predicted octanol–water partition coefficient (Wildman–Crippen LogP) is 3.52.